The molecule has 0 aromatic heterocycles. The fourth-order valence-corrected chi connectivity index (χ4v) is 1.83. The molecular formula is C16H26FN3O. The van der Waals surface area contributed by atoms with E-state index in [9.17, 15) is 4.39 Å². The summed E-state index contributed by atoms with van der Waals surface area (Å²) in [5.74, 6) is 0.494. The van der Waals surface area contributed by atoms with E-state index in [0.717, 1.165) is 18.1 Å². The molecule has 0 fully saturated rings. The molecule has 0 spiro atoms. The van der Waals surface area contributed by atoms with Crippen LogP contribution in [0.25, 0.3) is 0 Å². The van der Waals surface area contributed by atoms with E-state index in [4.69, 9.17) is 4.74 Å². The summed E-state index contributed by atoms with van der Waals surface area (Å²) in [5.41, 5.74) is 0.841. The second kappa shape index (κ2) is 7.98. The fourth-order valence-electron chi connectivity index (χ4n) is 1.83. The smallest absolute Gasteiger partial charge is 0.191 e. The van der Waals surface area contributed by atoms with Gasteiger partial charge in [0.25, 0.3) is 0 Å². The molecule has 1 atom stereocenters. The van der Waals surface area contributed by atoms with Crippen LogP contribution in [-0.4, -0.2) is 31.7 Å². The number of nitrogens with one attached hydrogen (secondary N) is 2. The highest BCUT2D eigenvalue weighted by Crippen LogP contribution is 2.17. The van der Waals surface area contributed by atoms with Crippen molar-refractivity contribution in [3.05, 3.63) is 35.6 Å². The van der Waals surface area contributed by atoms with Gasteiger partial charge < -0.3 is 15.4 Å². The van der Waals surface area contributed by atoms with Crippen LogP contribution in [0.15, 0.2) is 29.3 Å². The first-order chi connectivity index (χ1) is 9.85. The monoisotopic (exact) mass is 295 g/mol. The summed E-state index contributed by atoms with van der Waals surface area (Å²) in [5, 5.41) is 6.52. The zero-order valence-corrected chi connectivity index (χ0v) is 13.5. The van der Waals surface area contributed by atoms with E-state index >= 15 is 0 Å². The molecule has 1 unspecified atom stereocenters. The maximum absolute atomic E-state index is 13.0. The summed E-state index contributed by atoms with van der Waals surface area (Å²) in [7, 11) is 1.63. The normalized spacial score (nSPS) is 13.9. The molecule has 118 valence electrons. The number of hydrogen-bond donors (Lipinski definition) is 2. The van der Waals surface area contributed by atoms with Gasteiger partial charge in [0.2, 0.25) is 0 Å². The van der Waals surface area contributed by atoms with Gasteiger partial charge >= 0.3 is 0 Å². The molecule has 5 heteroatoms. The van der Waals surface area contributed by atoms with E-state index in [0.29, 0.717) is 6.54 Å². The Bertz CT molecular complexity index is 452. The van der Waals surface area contributed by atoms with E-state index in [-0.39, 0.29) is 17.5 Å². The number of halogens is 1. The maximum Gasteiger partial charge on any atom is 0.191 e. The first-order valence-electron chi connectivity index (χ1n) is 7.20. The van der Waals surface area contributed by atoms with Gasteiger partial charge in [0.15, 0.2) is 5.96 Å². The molecule has 2 N–H and O–H groups in total. The van der Waals surface area contributed by atoms with Crippen molar-refractivity contribution >= 4 is 5.96 Å². The molecule has 0 aliphatic rings. The van der Waals surface area contributed by atoms with Crippen LogP contribution >= 0.6 is 0 Å². The van der Waals surface area contributed by atoms with Crippen LogP contribution in [0.4, 0.5) is 4.39 Å². The van der Waals surface area contributed by atoms with Gasteiger partial charge in [0.1, 0.15) is 11.9 Å². The Balaban J connectivity index is 2.78. The lowest BCUT2D eigenvalue weighted by Crippen LogP contribution is -2.47. The summed E-state index contributed by atoms with van der Waals surface area (Å²) < 4.78 is 18.4. The highest BCUT2D eigenvalue weighted by Gasteiger charge is 2.14. The molecule has 0 aliphatic heterocycles. The molecule has 0 radical (unpaired) electrons. The Morgan fingerprint density at radius 1 is 1.29 bits per heavy atom. The quantitative estimate of drug-likeness (QED) is 0.648. The molecule has 4 nitrogen and oxygen atoms in total. The lowest BCUT2D eigenvalue weighted by Gasteiger charge is -2.24. The van der Waals surface area contributed by atoms with E-state index < -0.39 is 0 Å². The van der Waals surface area contributed by atoms with Crippen molar-refractivity contribution in [2.24, 2.45) is 4.99 Å². The summed E-state index contributed by atoms with van der Waals surface area (Å²) in [6, 6.07) is 6.32. The second-order valence-corrected chi connectivity index (χ2v) is 5.87. The SMILES string of the molecule is CCNC(=NCC(OC)c1ccc(F)cc1)NC(C)(C)C. The van der Waals surface area contributed by atoms with Crippen molar-refractivity contribution < 1.29 is 9.13 Å². The van der Waals surface area contributed by atoms with Gasteiger partial charge in [-0.1, -0.05) is 12.1 Å². The van der Waals surface area contributed by atoms with Crippen LogP contribution in [0.3, 0.4) is 0 Å². The molecule has 0 amide bonds. The number of nitrogens with zero attached hydrogens (tertiary/aromatic N) is 1. The van der Waals surface area contributed by atoms with Crippen LogP contribution in [-0.2, 0) is 4.74 Å². The van der Waals surface area contributed by atoms with Gasteiger partial charge in [-0.05, 0) is 45.4 Å². The molecule has 0 saturated heterocycles. The van der Waals surface area contributed by atoms with Crippen molar-refractivity contribution in [3.8, 4) is 0 Å². The third-order valence-corrected chi connectivity index (χ3v) is 2.78. The highest BCUT2D eigenvalue weighted by molar-refractivity contribution is 5.80. The van der Waals surface area contributed by atoms with Crippen molar-refractivity contribution in [2.75, 3.05) is 20.2 Å². The average Bonchev–Trinajstić information content (AvgIpc) is 2.39. The van der Waals surface area contributed by atoms with Crippen molar-refractivity contribution in [3.63, 3.8) is 0 Å². The average molecular weight is 295 g/mol. The van der Waals surface area contributed by atoms with Crippen LogP contribution in [0.2, 0.25) is 0 Å². The van der Waals surface area contributed by atoms with E-state index in [1.165, 1.54) is 12.1 Å². The molecule has 0 saturated carbocycles. The van der Waals surface area contributed by atoms with Gasteiger partial charge in [0.05, 0.1) is 6.54 Å². The third-order valence-electron chi connectivity index (χ3n) is 2.78. The lowest BCUT2D eigenvalue weighted by molar-refractivity contribution is 0.111. The zero-order valence-electron chi connectivity index (χ0n) is 13.5. The van der Waals surface area contributed by atoms with E-state index in [1.807, 2.05) is 6.92 Å². The van der Waals surface area contributed by atoms with Crippen molar-refractivity contribution in [2.45, 2.75) is 39.3 Å². The second-order valence-electron chi connectivity index (χ2n) is 5.87. The summed E-state index contributed by atoms with van der Waals surface area (Å²) in [4.78, 5) is 4.54. The van der Waals surface area contributed by atoms with E-state index in [2.05, 4.69) is 36.4 Å². The van der Waals surface area contributed by atoms with Gasteiger partial charge in [0, 0.05) is 19.2 Å². The van der Waals surface area contributed by atoms with Gasteiger partial charge in [-0.15, -0.1) is 0 Å². The van der Waals surface area contributed by atoms with Gasteiger partial charge in [-0.25, -0.2) is 4.39 Å². The summed E-state index contributed by atoms with van der Waals surface area (Å²) >= 11 is 0. The molecule has 1 aromatic rings. The highest BCUT2D eigenvalue weighted by atomic mass is 19.1. The zero-order chi connectivity index (χ0) is 15.9. The number of rotatable bonds is 5. The van der Waals surface area contributed by atoms with Crippen molar-refractivity contribution in [1.29, 1.82) is 0 Å². The van der Waals surface area contributed by atoms with Crippen molar-refractivity contribution in [1.82, 2.24) is 10.6 Å². The van der Waals surface area contributed by atoms with Gasteiger partial charge in [-0.2, -0.15) is 0 Å². The topological polar surface area (TPSA) is 45.7 Å². The molecule has 0 aliphatic carbocycles. The Hall–Kier alpha value is -1.62. The van der Waals surface area contributed by atoms with Crippen LogP contribution < -0.4 is 10.6 Å². The third kappa shape index (κ3) is 6.58. The Morgan fingerprint density at radius 3 is 2.38 bits per heavy atom. The van der Waals surface area contributed by atoms with Crippen LogP contribution in [0.1, 0.15) is 39.4 Å². The Labute approximate surface area is 126 Å². The maximum atomic E-state index is 13.0. The Kier molecular flexibility index (Phi) is 6.62. The number of guanidine groups is 1. The standard InChI is InChI=1S/C16H26FN3O/c1-6-18-15(20-16(2,3)4)19-11-14(21-5)12-7-9-13(17)10-8-12/h7-10,14H,6,11H2,1-5H3,(H2,18,19,20). The number of aliphatic imine (C=N–C) groups is 1. The fraction of sp³-hybridized carbons (Fsp3) is 0.562. The first-order valence-corrected chi connectivity index (χ1v) is 7.20. The number of ether oxygens (including phenoxy) is 1. The summed E-state index contributed by atoms with van der Waals surface area (Å²) in [6.07, 6.45) is -0.193. The number of hydrogen-bond acceptors (Lipinski definition) is 2. The predicted octanol–water partition coefficient (Wildman–Crippen LogP) is 2.87. The minimum atomic E-state index is -0.250. The van der Waals surface area contributed by atoms with Gasteiger partial charge in [-0.3, -0.25) is 4.99 Å². The minimum absolute atomic E-state index is 0.0700. The minimum Gasteiger partial charge on any atom is -0.375 e. The molecular weight excluding hydrogens is 269 g/mol. The van der Waals surface area contributed by atoms with Crippen LogP contribution in [0, 0.1) is 5.82 Å². The molecule has 1 aromatic carbocycles. The lowest BCUT2D eigenvalue weighted by atomic mass is 10.1. The number of benzene rings is 1. The predicted molar refractivity (Wildman–Crippen MR) is 85.0 cm³/mol. The Morgan fingerprint density at radius 2 is 1.90 bits per heavy atom. The molecule has 1 rings (SSSR count). The molecule has 0 bridgehead atoms. The van der Waals surface area contributed by atoms with E-state index in [1.54, 1.807) is 19.2 Å². The largest absolute Gasteiger partial charge is 0.375 e. The summed E-state index contributed by atoms with van der Waals surface area (Å²) in [6.45, 7) is 9.51. The molecule has 21 heavy (non-hydrogen) atoms. The first kappa shape index (κ1) is 17.4. The molecule has 0 heterocycles. The van der Waals surface area contributed by atoms with Crippen LogP contribution in [0.5, 0.6) is 0 Å². The number of methoxy groups -OCH3 is 1.